The maximum Gasteiger partial charge on any atom is 0.105 e. The Hall–Kier alpha value is -0.800. The quantitative estimate of drug-likeness (QED) is 0.822. The zero-order valence-electron chi connectivity index (χ0n) is 12.6. The van der Waals surface area contributed by atoms with Gasteiger partial charge in [-0.15, -0.1) is 0 Å². The summed E-state index contributed by atoms with van der Waals surface area (Å²) in [6.45, 7) is 10.8. The highest BCUT2D eigenvalue weighted by atomic mass is 16.5. The summed E-state index contributed by atoms with van der Waals surface area (Å²) in [6.07, 6.45) is 4.21. The molecule has 1 aliphatic rings. The first-order chi connectivity index (χ1) is 9.00. The van der Waals surface area contributed by atoms with E-state index in [1.807, 2.05) is 12.1 Å². The van der Waals surface area contributed by atoms with Gasteiger partial charge in [-0.25, -0.2) is 0 Å². The second-order valence-corrected chi connectivity index (χ2v) is 6.61. The molecule has 3 nitrogen and oxygen atoms in total. The van der Waals surface area contributed by atoms with Gasteiger partial charge < -0.3 is 14.5 Å². The minimum Gasteiger partial charge on any atom is -0.469 e. The van der Waals surface area contributed by atoms with Gasteiger partial charge >= 0.3 is 0 Å². The Labute approximate surface area is 116 Å². The van der Waals surface area contributed by atoms with Gasteiger partial charge in [0.25, 0.3) is 0 Å². The van der Waals surface area contributed by atoms with Crippen LogP contribution in [0.5, 0.6) is 0 Å². The molecule has 1 saturated carbocycles. The lowest BCUT2D eigenvalue weighted by Gasteiger charge is -2.52. The van der Waals surface area contributed by atoms with Crippen molar-refractivity contribution in [2.24, 2.45) is 11.3 Å². The Morgan fingerprint density at radius 1 is 1.47 bits per heavy atom. The summed E-state index contributed by atoms with van der Waals surface area (Å²) < 4.78 is 11.3. The molecular weight excluding hydrogens is 238 g/mol. The third-order valence-electron chi connectivity index (χ3n) is 4.15. The smallest absolute Gasteiger partial charge is 0.105 e. The number of hydrogen-bond acceptors (Lipinski definition) is 3. The molecule has 0 radical (unpaired) electrons. The molecule has 3 heteroatoms. The van der Waals surface area contributed by atoms with Crippen LogP contribution in [0.4, 0.5) is 0 Å². The summed E-state index contributed by atoms with van der Waals surface area (Å²) in [4.78, 5) is 0. The van der Waals surface area contributed by atoms with Gasteiger partial charge in [0.1, 0.15) is 5.76 Å². The normalized spacial score (nSPS) is 25.5. The summed E-state index contributed by atoms with van der Waals surface area (Å²) in [6, 6.07) is 4.53. The monoisotopic (exact) mass is 265 g/mol. The SMILES string of the molecule is CC(C)COC1CC(NCCc2ccco2)C1(C)C. The van der Waals surface area contributed by atoms with Crippen molar-refractivity contribution in [2.45, 2.75) is 52.7 Å². The van der Waals surface area contributed by atoms with Crippen LogP contribution in [0.15, 0.2) is 22.8 Å². The molecule has 0 amide bonds. The van der Waals surface area contributed by atoms with E-state index in [9.17, 15) is 0 Å². The summed E-state index contributed by atoms with van der Waals surface area (Å²) in [5, 5.41) is 3.63. The van der Waals surface area contributed by atoms with E-state index in [1.54, 1.807) is 6.26 Å². The van der Waals surface area contributed by atoms with Crippen molar-refractivity contribution < 1.29 is 9.15 Å². The molecule has 1 aromatic rings. The first-order valence-electron chi connectivity index (χ1n) is 7.37. The number of ether oxygens (including phenoxy) is 1. The number of hydrogen-bond donors (Lipinski definition) is 1. The first kappa shape index (κ1) is 14.6. The number of rotatable bonds is 7. The largest absolute Gasteiger partial charge is 0.469 e. The van der Waals surface area contributed by atoms with Crippen LogP contribution in [0, 0.1) is 11.3 Å². The Kier molecular flexibility index (Phi) is 4.69. The van der Waals surface area contributed by atoms with E-state index < -0.39 is 0 Å². The maximum absolute atomic E-state index is 5.98. The van der Waals surface area contributed by atoms with Crippen LogP contribution in [0.3, 0.4) is 0 Å². The average molecular weight is 265 g/mol. The molecule has 1 heterocycles. The number of nitrogens with one attached hydrogen (secondary N) is 1. The topological polar surface area (TPSA) is 34.4 Å². The molecule has 1 aliphatic carbocycles. The highest BCUT2D eigenvalue weighted by Crippen LogP contribution is 2.42. The lowest BCUT2D eigenvalue weighted by Crippen LogP contribution is -2.61. The molecule has 0 spiro atoms. The fourth-order valence-electron chi connectivity index (χ4n) is 2.65. The average Bonchev–Trinajstić information content (AvgIpc) is 2.84. The van der Waals surface area contributed by atoms with Crippen LogP contribution in [-0.2, 0) is 11.2 Å². The van der Waals surface area contributed by atoms with Crippen LogP contribution in [-0.4, -0.2) is 25.3 Å². The number of furan rings is 1. The molecule has 2 rings (SSSR count). The Bertz CT molecular complexity index is 370. The molecule has 2 atom stereocenters. The summed E-state index contributed by atoms with van der Waals surface area (Å²) in [5.74, 6) is 1.67. The van der Waals surface area contributed by atoms with E-state index in [1.165, 1.54) is 0 Å². The third-order valence-corrected chi connectivity index (χ3v) is 4.15. The van der Waals surface area contributed by atoms with Crippen molar-refractivity contribution >= 4 is 0 Å². The van der Waals surface area contributed by atoms with E-state index in [0.717, 1.165) is 31.8 Å². The van der Waals surface area contributed by atoms with Gasteiger partial charge in [0.05, 0.1) is 12.4 Å². The van der Waals surface area contributed by atoms with Gasteiger partial charge in [0, 0.05) is 31.0 Å². The van der Waals surface area contributed by atoms with E-state index in [4.69, 9.17) is 9.15 Å². The van der Waals surface area contributed by atoms with Crippen LogP contribution in [0.1, 0.15) is 39.9 Å². The predicted molar refractivity (Wildman–Crippen MR) is 77.2 cm³/mol. The fourth-order valence-corrected chi connectivity index (χ4v) is 2.65. The van der Waals surface area contributed by atoms with Gasteiger partial charge in [-0.05, 0) is 24.5 Å². The Morgan fingerprint density at radius 3 is 2.84 bits per heavy atom. The van der Waals surface area contributed by atoms with Gasteiger partial charge in [0.15, 0.2) is 0 Å². The van der Waals surface area contributed by atoms with E-state index in [2.05, 4.69) is 33.0 Å². The minimum absolute atomic E-state index is 0.234. The van der Waals surface area contributed by atoms with Crippen molar-refractivity contribution in [3.63, 3.8) is 0 Å². The Morgan fingerprint density at radius 2 is 2.26 bits per heavy atom. The van der Waals surface area contributed by atoms with E-state index in [-0.39, 0.29) is 5.41 Å². The molecule has 0 aromatic carbocycles. The molecule has 2 unspecified atom stereocenters. The lowest BCUT2D eigenvalue weighted by molar-refractivity contribution is -0.123. The summed E-state index contributed by atoms with van der Waals surface area (Å²) >= 11 is 0. The van der Waals surface area contributed by atoms with Gasteiger partial charge in [-0.3, -0.25) is 0 Å². The van der Waals surface area contributed by atoms with Gasteiger partial charge in [0.2, 0.25) is 0 Å². The summed E-state index contributed by atoms with van der Waals surface area (Å²) in [5.41, 5.74) is 0.234. The van der Waals surface area contributed by atoms with Crippen molar-refractivity contribution in [2.75, 3.05) is 13.2 Å². The molecule has 108 valence electrons. The second kappa shape index (κ2) is 6.10. The van der Waals surface area contributed by atoms with Crippen molar-refractivity contribution in [3.8, 4) is 0 Å². The molecular formula is C16H27NO2. The molecule has 0 bridgehead atoms. The molecule has 19 heavy (non-hydrogen) atoms. The molecule has 1 N–H and O–H groups in total. The first-order valence-corrected chi connectivity index (χ1v) is 7.37. The molecule has 0 saturated heterocycles. The van der Waals surface area contributed by atoms with Gasteiger partial charge in [-0.1, -0.05) is 27.7 Å². The zero-order chi connectivity index (χ0) is 13.9. The second-order valence-electron chi connectivity index (χ2n) is 6.61. The van der Waals surface area contributed by atoms with Crippen molar-refractivity contribution in [1.29, 1.82) is 0 Å². The van der Waals surface area contributed by atoms with Crippen molar-refractivity contribution in [3.05, 3.63) is 24.2 Å². The molecule has 1 fully saturated rings. The third kappa shape index (κ3) is 3.61. The van der Waals surface area contributed by atoms with E-state index in [0.29, 0.717) is 18.1 Å². The molecule has 0 aliphatic heterocycles. The Balaban J connectivity index is 1.69. The van der Waals surface area contributed by atoms with Crippen LogP contribution in [0.2, 0.25) is 0 Å². The zero-order valence-corrected chi connectivity index (χ0v) is 12.6. The van der Waals surface area contributed by atoms with E-state index >= 15 is 0 Å². The minimum atomic E-state index is 0.234. The van der Waals surface area contributed by atoms with Gasteiger partial charge in [-0.2, -0.15) is 0 Å². The fraction of sp³-hybridized carbons (Fsp3) is 0.750. The van der Waals surface area contributed by atoms with Crippen LogP contribution in [0.25, 0.3) is 0 Å². The van der Waals surface area contributed by atoms with Crippen LogP contribution < -0.4 is 5.32 Å². The molecule has 1 aromatic heterocycles. The maximum atomic E-state index is 5.98. The predicted octanol–water partition coefficient (Wildman–Crippen LogP) is 3.25. The van der Waals surface area contributed by atoms with Crippen LogP contribution >= 0.6 is 0 Å². The van der Waals surface area contributed by atoms with Crippen molar-refractivity contribution in [1.82, 2.24) is 5.32 Å². The highest BCUT2D eigenvalue weighted by molar-refractivity contribution is 5.04. The lowest BCUT2D eigenvalue weighted by atomic mass is 9.64. The summed E-state index contributed by atoms with van der Waals surface area (Å²) in [7, 11) is 0. The standard InChI is InChI=1S/C16H27NO2/c1-12(2)11-19-15-10-14(16(15,3)4)17-8-7-13-6-5-9-18-13/h5-6,9,12,14-15,17H,7-8,10-11H2,1-4H3. The highest BCUT2D eigenvalue weighted by Gasteiger charge is 2.48.